The molecular weight excluding hydrogens is 459 g/mol. The van der Waals surface area contributed by atoms with Crippen LogP contribution in [0.5, 0.6) is 0 Å². The van der Waals surface area contributed by atoms with Gasteiger partial charge in [0, 0.05) is 23.2 Å². The monoisotopic (exact) mass is 488 g/mol. The first-order valence-corrected chi connectivity index (χ1v) is 11.2. The summed E-state index contributed by atoms with van der Waals surface area (Å²) in [5.41, 5.74) is -1.19. The van der Waals surface area contributed by atoms with Gasteiger partial charge in [-0.1, -0.05) is 6.58 Å². The number of ether oxygens (including phenoxy) is 3. The number of carbonyl (C=O) groups excluding carboxylic acids is 3. The fourth-order valence-electron chi connectivity index (χ4n) is 3.56. The molecule has 1 aromatic heterocycles. The standard InChI is InChI=1S/C25H29FN2O7/c1-7-34-22(30)18-13-27(15-8-9-15)20-11-16(19(26)10-17(20)21(18)29)14(2)12-28(23(31)33-6)24(32)35-25(3,4)5/h10-11,13,15H,2,7-9,12H2,1,3-6H3. The normalized spacial score (nSPS) is 13.3. The van der Waals surface area contributed by atoms with Gasteiger partial charge in [-0.25, -0.2) is 23.7 Å². The van der Waals surface area contributed by atoms with Gasteiger partial charge in [0.15, 0.2) is 0 Å². The number of hydrogen-bond acceptors (Lipinski definition) is 7. The Morgan fingerprint density at radius 1 is 1.17 bits per heavy atom. The van der Waals surface area contributed by atoms with Gasteiger partial charge in [-0.3, -0.25) is 4.79 Å². The minimum atomic E-state index is -0.990. The highest BCUT2D eigenvalue weighted by Crippen LogP contribution is 2.38. The first kappa shape index (κ1) is 25.9. The van der Waals surface area contributed by atoms with Crippen LogP contribution in [0.4, 0.5) is 14.0 Å². The Morgan fingerprint density at radius 2 is 1.83 bits per heavy atom. The van der Waals surface area contributed by atoms with Gasteiger partial charge in [0.05, 0.1) is 25.8 Å². The molecule has 1 fully saturated rings. The lowest BCUT2D eigenvalue weighted by Gasteiger charge is -2.26. The number of aromatic nitrogens is 1. The van der Waals surface area contributed by atoms with Gasteiger partial charge >= 0.3 is 18.2 Å². The Kier molecular flexibility index (Phi) is 7.33. The zero-order valence-electron chi connectivity index (χ0n) is 20.5. The predicted molar refractivity (Wildman–Crippen MR) is 127 cm³/mol. The second kappa shape index (κ2) is 9.89. The molecule has 1 aliphatic rings. The van der Waals surface area contributed by atoms with E-state index in [0.29, 0.717) is 10.4 Å². The number of esters is 1. The van der Waals surface area contributed by atoms with Crippen molar-refractivity contribution < 1.29 is 33.0 Å². The number of benzene rings is 1. The number of rotatable bonds is 6. The highest BCUT2D eigenvalue weighted by Gasteiger charge is 2.31. The van der Waals surface area contributed by atoms with Crippen LogP contribution in [0, 0.1) is 5.82 Å². The van der Waals surface area contributed by atoms with E-state index in [4.69, 9.17) is 9.47 Å². The summed E-state index contributed by atoms with van der Waals surface area (Å²) in [7, 11) is 1.11. The number of nitrogens with zero attached hydrogens (tertiary/aromatic N) is 2. The lowest BCUT2D eigenvalue weighted by atomic mass is 10.0. The molecule has 0 atom stereocenters. The maximum atomic E-state index is 15.2. The smallest absolute Gasteiger partial charge is 0.420 e. The topological polar surface area (TPSA) is 104 Å². The highest BCUT2D eigenvalue weighted by molar-refractivity contribution is 5.95. The second-order valence-corrected chi connectivity index (χ2v) is 9.22. The van der Waals surface area contributed by atoms with Crippen molar-refractivity contribution in [3.8, 4) is 0 Å². The van der Waals surface area contributed by atoms with Gasteiger partial charge in [-0.2, -0.15) is 0 Å². The Morgan fingerprint density at radius 3 is 2.37 bits per heavy atom. The molecule has 0 spiro atoms. The van der Waals surface area contributed by atoms with Crippen LogP contribution in [-0.4, -0.2) is 53.5 Å². The third kappa shape index (κ3) is 5.70. The molecular formula is C25H29FN2O7. The van der Waals surface area contributed by atoms with E-state index in [1.165, 1.54) is 12.3 Å². The number of pyridine rings is 1. The molecule has 0 saturated heterocycles. The van der Waals surface area contributed by atoms with Gasteiger partial charge in [0.1, 0.15) is 17.0 Å². The SMILES string of the molecule is C=C(CN(C(=O)OC)C(=O)OC(C)(C)C)c1cc2c(cc1F)c(=O)c(C(=O)OCC)cn2C1CC1. The van der Waals surface area contributed by atoms with Crippen LogP contribution in [0.25, 0.3) is 16.5 Å². The van der Waals surface area contributed by atoms with Crippen molar-refractivity contribution in [2.45, 2.75) is 52.2 Å². The second-order valence-electron chi connectivity index (χ2n) is 9.22. The zero-order chi connectivity index (χ0) is 26.1. The van der Waals surface area contributed by atoms with Gasteiger partial charge < -0.3 is 18.8 Å². The third-order valence-electron chi connectivity index (χ3n) is 5.30. The first-order valence-electron chi connectivity index (χ1n) is 11.2. The molecule has 1 aliphatic carbocycles. The van der Waals surface area contributed by atoms with E-state index >= 15 is 4.39 Å². The van der Waals surface area contributed by atoms with Crippen molar-refractivity contribution in [2.75, 3.05) is 20.3 Å². The van der Waals surface area contributed by atoms with Crippen LogP contribution in [-0.2, 0) is 14.2 Å². The quantitative estimate of drug-likeness (QED) is 0.430. The Labute approximate surface area is 202 Å². The van der Waals surface area contributed by atoms with Crippen LogP contribution < -0.4 is 5.43 Å². The van der Waals surface area contributed by atoms with Crippen LogP contribution in [0.1, 0.15) is 62.5 Å². The van der Waals surface area contributed by atoms with Crippen molar-refractivity contribution >= 4 is 34.6 Å². The largest absolute Gasteiger partial charge is 0.462 e. The summed E-state index contributed by atoms with van der Waals surface area (Å²) in [6, 6.07) is 2.52. The molecule has 1 saturated carbocycles. The molecule has 0 radical (unpaired) electrons. The molecule has 2 amide bonds. The maximum Gasteiger partial charge on any atom is 0.420 e. The number of hydrogen-bond donors (Lipinski definition) is 0. The number of amides is 2. The van der Waals surface area contributed by atoms with E-state index in [0.717, 1.165) is 26.0 Å². The van der Waals surface area contributed by atoms with E-state index < -0.39 is 41.5 Å². The fraction of sp³-hybridized carbons (Fsp3) is 0.440. The highest BCUT2D eigenvalue weighted by atomic mass is 19.1. The predicted octanol–water partition coefficient (Wildman–Crippen LogP) is 4.67. The summed E-state index contributed by atoms with van der Waals surface area (Å²) in [6.07, 6.45) is 1.15. The van der Waals surface area contributed by atoms with Crippen LogP contribution >= 0.6 is 0 Å². The average Bonchev–Trinajstić information content (AvgIpc) is 3.61. The van der Waals surface area contributed by atoms with Crippen molar-refractivity contribution in [1.82, 2.24) is 9.47 Å². The summed E-state index contributed by atoms with van der Waals surface area (Å²) in [5, 5.41) is 0.0217. The third-order valence-corrected chi connectivity index (χ3v) is 5.30. The Balaban J connectivity index is 2.05. The number of imide groups is 1. The van der Waals surface area contributed by atoms with E-state index in [-0.39, 0.29) is 34.7 Å². The van der Waals surface area contributed by atoms with Gasteiger partial charge in [-0.15, -0.1) is 0 Å². The van der Waals surface area contributed by atoms with Crippen molar-refractivity contribution in [2.24, 2.45) is 0 Å². The summed E-state index contributed by atoms with van der Waals surface area (Å²) in [6.45, 7) is 10.1. The molecule has 0 bridgehead atoms. The number of carbonyl (C=O) groups is 3. The van der Waals surface area contributed by atoms with Crippen molar-refractivity contribution in [3.63, 3.8) is 0 Å². The number of halogens is 1. The molecule has 10 heteroatoms. The summed E-state index contributed by atoms with van der Waals surface area (Å²) in [4.78, 5) is 50.7. The lowest BCUT2D eigenvalue weighted by Crippen LogP contribution is -2.41. The molecule has 0 aliphatic heterocycles. The molecule has 1 heterocycles. The number of methoxy groups -OCH3 is 1. The molecule has 2 aromatic rings. The van der Waals surface area contributed by atoms with Gasteiger partial charge in [-0.05, 0) is 58.2 Å². The Hall–Kier alpha value is -3.69. The molecule has 9 nitrogen and oxygen atoms in total. The lowest BCUT2D eigenvalue weighted by molar-refractivity contribution is 0.0270. The minimum Gasteiger partial charge on any atom is -0.462 e. The van der Waals surface area contributed by atoms with Crippen LogP contribution in [0.15, 0.2) is 29.7 Å². The van der Waals surface area contributed by atoms with Crippen LogP contribution in [0.2, 0.25) is 0 Å². The van der Waals surface area contributed by atoms with E-state index in [1.54, 1.807) is 32.3 Å². The van der Waals surface area contributed by atoms with E-state index in [2.05, 4.69) is 11.3 Å². The van der Waals surface area contributed by atoms with Crippen LogP contribution in [0.3, 0.4) is 0 Å². The molecule has 35 heavy (non-hydrogen) atoms. The summed E-state index contributed by atoms with van der Waals surface area (Å²) >= 11 is 0. The van der Waals surface area contributed by atoms with Gasteiger partial charge in [0.2, 0.25) is 5.43 Å². The molecule has 0 N–H and O–H groups in total. The van der Waals surface area contributed by atoms with Crippen molar-refractivity contribution in [1.29, 1.82) is 0 Å². The molecule has 3 rings (SSSR count). The molecule has 1 aromatic carbocycles. The Bertz CT molecular complexity index is 1260. The average molecular weight is 489 g/mol. The first-order chi connectivity index (χ1) is 16.4. The van der Waals surface area contributed by atoms with Gasteiger partial charge in [0.25, 0.3) is 0 Å². The summed E-state index contributed by atoms with van der Waals surface area (Å²) < 4.78 is 31.9. The minimum absolute atomic E-state index is 0.00708. The summed E-state index contributed by atoms with van der Waals surface area (Å²) in [5.74, 6) is -1.56. The molecule has 0 unspecified atom stereocenters. The number of fused-ring (bicyclic) bond motifs is 1. The maximum absolute atomic E-state index is 15.2. The fourth-order valence-corrected chi connectivity index (χ4v) is 3.56. The van der Waals surface area contributed by atoms with E-state index in [9.17, 15) is 19.2 Å². The van der Waals surface area contributed by atoms with E-state index in [1.807, 2.05) is 0 Å². The molecule has 188 valence electrons. The van der Waals surface area contributed by atoms with Crippen molar-refractivity contribution in [3.05, 3.63) is 52.1 Å². The zero-order valence-corrected chi connectivity index (χ0v) is 20.5.